The molecule has 10 heavy (non-hydrogen) atoms. The maximum Gasteiger partial charge on any atom is 0.217 e. The quantitative estimate of drug-likeness (QED) is 0.498. The van der Waals surface area contributed by atoms with Crippen LogP contribution < -0.4 is 15.1 Å². The van der Waals surface area contributed by atoms with E-state index in [4.69, 9.17) is 0 Å². The lowest BCUT2D eigenvalue weighted by Crippen LogP contribution is -2.37. The summed E-state index contributed by atoms with van der Waals surface area (Å²) >= 11 is 0. The number of carbonyl (C=O) groups is 1. The van der Waals surface area contributed by atoms with E-state index in [1.165, 1.54) is 0 Å². The average Bonchev–Trinajstić information content (AvgIpc) is 1.60. The van der Waals surface area contributed by atoms with Crippen molar-refractivity contribution in [2.75, 3.05) is 0 Å². The van der Waals surface area contributed by atoms with Gasteiger partial charge in [0, 0.05) is 6.92 Å². The van der Waals surface area contributed by atoms with Crippen LogP contribution >= 0.6 is 7.60 Å². The molecule has 0 saturated heterocycles. The lowest BCUT2D eigenvalue weighted by molar-refractivity contribution is -0.316. The van der Waals surface area contributed by atoms with Gasteiger partial charge in [-0.3, -0.25) is 4.79 Å². The van der Waals surface area contributed by atoms with Crippen LogP contribution in [-0.2, 0) is 9.36 Å². The fraction of sp³-hybridized carbons (Fsp3) is 0.750. The molecule has 1 atom stereocenters. The molecule has 0 bridgehead atoms. The van der Waals surface area contributed by atoms with Crippen LogP contribution in [0.15, 0.2) is 0 Å². The zero-order valence-corrected chi connectivity index (χ0v) is 6.55. The molecular weight excluding hydrogens is 157 g/mol. The highest BCUT2D eigenvalue weighted by Gasteiger charge is 2.05. The minimum atomic E-state index is -4.64. The molecular formula is C4H8NO4P-2. The van der Waals surface area contributed by atoms with Gasteiger partial charge in [0.2, 0.25) is 5.91 Å². The van der Waals surface area contributed by atoms with Gasteiger partial charge in [0.1, 0.15) is 0 Å². The van der Waals surface area contributed by atoms with E-state index >= 15 is 0 Å². The third-order valence-corrected chi connectivity index (χ3v) is 1.96. The van der Waals surface area contributed by atoms with Gasteiger partial charge in [-0.25, -0.2) is 0 Å². The van der Waals surface area contributed by atoms with E-state index in [0.717, 1.165) is 13.8 Å². The standard InChI is InChI=1S/C4H10NO4P/c1-3(6)5-4(2)10(7,8)9/h4H,1-2H3,(H,5,6)(H2,7,8,9)/p-2/t4-/m0/s1. The van der Waals surface area contributed by atoms with Crippen LogP contribution in [-0.4, -0.2) is 11.7 Å². The van der Waals surface area contributed by atoms with Gasteiger partial charge >= 0.3 is 0 Å². The monoisotopic (exact) mass is 165 g/mol. The first-order valence-corrected chi connectivity index (χ1v) is 4.24. The summed E-state index contributed by atoms with van der Waals surface area (Å²) < 4.78 is 10.1. The highest BCUT2D eigenvalue weighted by atomic mass is 31.2. The molecule has 0 aromatic heterocycles. The fourth-order valence-electron chi connectivity index (χ4n) is 0.373. The molecule has 0 unspecified atom stereocenters. The largest absolute Gasteiger partial charge is 0.809 e. The Bertz CT molecular complexity index is 174. The Kier molecular flexibility index (Phi) is 3.02. The molecule has 0 heterocycles. The molecule has 0 saturated carbocycles. The van der Waals surface area contributed by atoms with Gasteiger partial charge in [-0.05, 0) is 14.5 Å². The van der Waals surface area contributed by atoms with Crippen molar-refractivity contribution in [3.8, 4) is 0 Å². The van der Waals surface area contributed by atoms with Crippen LogP contribution in [0.3, 0.4) is 0 Å². The number of amides is 1. The molecule has 1 amide bonds. The van der Waals surface area contributed by atoms with Gasteiger partial charge < -0.3 is 19.7 Å². The predicted molar refractivity (Wildman–Crippen MR) is 30.9 cm³/mol. The van der Waals surface area contributed by atoms with Gasteiger partial charge in [-0.15, -0.1) is 0 Å². The molecule has 0 aliphatic rings. The van der Waals surface area contributed by atoms with Crippen molar-refractivity contribution in [3.63, 3.8) is 0 Å². The van der Waals surface area contributed by atoms with E-state index in [1.54, 1.807) is 0 Å². The number of hydrogen-bond acceptors (Lipinski definition) is 4. The molecule has 60 valence electrons. The smallest absolute Gasteiger partial charge is 0.217 e. The molecule has 1 N–H and O–H groups in total. The summed E-state index contributed by atoms with van der Waals surface area (Å²) in [5.74, 6) is -1.84. The molecule has 0 aromatic carbocycles. The van der Waals surface area contributed by atoms with E-state index in [1.807, 2.05) is 5.32 Å². The normalized spacial score (nSPS) is 14.4. The lowest BCUT2D eigenvalue weighted by atomic mass is 10.6. The van der Waals surface area contributed by atoms with Gasteiger partial charge in [-0.2, -0.15) is 0 Å². The Morgan fingerprint density at radius 3 is 2.10 bits per heavy atom. The minimum Gasteiger partial charge on any atom is -0.809 e. The van der Waals surface area contributed by atoms with Crippen LogP contribution in [0.25, 0.3) is 0 Å². The number of nitrogens with one attached hydrogen (secondary N) is 1. The summed E-state index contributed by atoms with van der Waals surface area (Å²) in [7, 11) is -4.64. The van der Waals surface area contributed by atoms with E-state index in [0.29, 0.717) is 0 Å². The van der Waals surface area contributed by atoms with Crippen LogP contribution in [0.2, 0.25) is 0 Å². The molecule has 0 aliphatic heterocycles. The average molecular weight is 165 g/mol. The van der Waals surface area contributed by atoms with E-state index in [9.17, 15) is 19.1 Å². The molecule has 0 fully saturated rings. The molecule has 0 aliphatic carbocycles. The van der Waals surface area contributed by atoms with Crippen LogP contribution in [0, 0.1) is 0 Å². The van der Waals surface area contributed by atoms with Gasteiger partial charge in [-0.1, -0.05) is 0 Å². The minimum absolute atomic E-state index is 0.528. The van der Waals surface area contributed by atoms with Crippen LogP contribution in [0.4, 0.5) is 0 Å². The molecule has 6 heteroatoms. The molecule has 5 nitrogen and oxygen atoms in total. The summed E-state index contributed by atoms with van der Waals surface area (Å²) in [6.07, 6.45) is 0. The van der Waals surface area contributed by atoms with Gasteiger partial charge in [0.05, 0.1) is 5.78 Å². The zero-order valence-electron chi connectivity index (χ0n) is 5.66. The summed E-state index contributed by atoms with van der Waals surface area (Å²) in [5, 5.41) is 1.96. The number of carbonyl (C=O) groups excluding carboxylic acids is 1. The van der Waals surface area contributed by atoms with Crippen molar-refractivity contribution in [2.24, 2.45) is 0 Å². The van der Waals surface area contributed by atoms with Crippen molar-refractivity contribution >= 4 is 13.5 Å². The van der Waals surface area contributed by atoms with E-state index in [-0.39, 0.29) is 0 Å². The first-order chi connectivity index (χ1) is 4.34. The number of rotatable bonds is 2. The zero-order chi connectivity index (χ0) is 8.36. The van der Waals surface area contributed by atoms with Crippen molar-refractivity contribution in [2.45, 2.75) is 19.6 Å². The van der Waals surface area contributed by atoms with Crippen molar-refractivity contribution < 1.29 is 19.1 Å². The fourth-order valence-corrected chi connectivity index (χ4v) is 0.713. The summed E-state index contributed by atoms with van der Waals surface area (Å²) in [5.41, 5.74) is 0. The summed E-state index contributed by atoms with van der Waals surface area (Å²) in [6, 6.07) is 0. The van der Waals surface area contributed by atoms with Gasteiger partial charge in [0.15, 0.2) is 0 Å². The third kappa shape index (κ3) is 3.61. The predicted octanol–water partition coefficient (Wildman–Crippen LogP) is -1.62. The molecule has 0 rings (SSSR count). The van der Waals surface area contributed by atoms with E-state index < -0.39 is 19.3 Å². The number of hydrogen-bond donors (Lipinski definition) is 1. The lowest BCUT2D eigenvalue weighted by Gasteiger charge is -2.35. The van der Waals surface area contributed by atoms with Gasteiger partial charge in [0.25, 0.3) is 0 Å². The second-order valence-electron chi connectivity index (χ2n) is 1.92. The Morgan fingerprint density at radius 2 is 2.00 bits per heavy atom. The SMILES string of the molecule is CC(=O)N[C@H](C)P(=O)([O-])[O-]. The highest BCUT2D eigenvalue weighted by Crippen LogP contribution is 2.28. The highest BCUT2D eigenvalue weighted by molar-refractivity contribution is 7.49. The van der Waals surface area contributed by atoms with Crippen LogP contribution in [0.5, 0.6) is 0 Å². The second kappa shape index (κ2) is 3.14. The Labute approximate surface area is 58.6 Å². The Hall–Kier alpha value is -0.380. The Balaban J connectivity index is 3.98. The van der Waals surface area contributed by atoms with Crippen molar-refractivity contribution in [3.05, 3.63) is 0 Å². The summed E-state index contributed by atoms with van der Waals surface area (Å²) in [4.78, 5) is 30.4. The topological polar surface area (TPSA) is 92.3 Å². The van der Waals surface area contributed by atoms with Crippen LogP contribution in [0.1, 0.15) is 13.8 Å². The first kappa shape index (κ1) is 9.62. The maximum atomic E-state index is 10.2. The maximum absolute atomic E-state index is 10.2. The Morgan fingerprint density at radius 1 is 1.60 bits per heavy atom. The molecule has 0 spiro atoms. The molecule has 0 radical (unpaired) electrons. The second-order valence-corrected chi connectivity index (χ2v) is 3.77. The van der Waals surface area contributed by atoms with E-state index in [2.05, 4.69) is 0 Å². The van der Waals surface area contributed by atoms with Crippen molar-refractivity contribution in [1.29, 1.82) is 0 Å². The summed E-state index contributed by atoms with van der Waals surface area (Å²) in [6.45, 7) is 2.27. The first-order valence-electron chi connectivity index (χ1n) is 2.63. The third-order valence-electron chi connectivity index (χ3n) is 0.886. The van der Waals surface area contributed by atoms with Crippen molar-refractivity contribution in [1.82, 2.24) is 5.32 Å². The molecule has 0 aromatic rings.